The van der Waals surface area contributed by atoms with Gasteiger partial charge in [-0.05, 0) is 30.8 Å². The molecule has 8 heteroatoms. The Morgan fingerprint density at radius 1 is 1.38 bits per heavy atom. The number of aromatic nitrogens is 5. The molecule has 2 aliphatic rings. The maximum Gasteiger partial charge on any atom is 0.194 e. The first kappa shape index (κ1) is 12.9. The average Bonchev–Trinajstić information content (AvgIpc) is 3.09. The molecule has 3 heterocycles. The van der Waals surface area contributed by atoms with Crippen molar-refractivity contribution in [2.45, 2.75) is 44.2 Å². The van der Waals surface area contributed by atoms with Crippen molar-refractivity contribution in [1.82, 2.24) is 29.4 Å². The molecular formula is C13H15N7S. The van der Waals surface area contributed by atoms with Gasteiger partial charge in [-0.1, -0.05) is 0 Å². The quantitative estimate of drug-likeness (QED) is 0.922. The van der Waals surface area contributed by atoms with Crippen LogP contribution >= 0.6 is 11.5 Å². The van der Waals surface area contributed by atoms with Crippen molar-refractivity contribution < 1.29 is 0 Å². The van der Waals surface area contributed by atoms with Crippen LogP contribution < -0.4 is 5.32 Å². The molecule has 1 N–H and O–H groups in total. The summed E-state index contributed by atoms with van der Waals surface area (Å²) in [6, 6.07) is 2.30. The first-order valence-electron chi connectivity index (χ1n) is 7.24. The average molecular weight is 301 g/mol. The minimum Gasteiger partial charge on any atom is -0.306 e. The minimum absolute atomic E-state index is 0.107. The number of fused-ring (bicyclic) bond motifs is 1. The Hall–Kier alpha value is -1.85. The molecule has 1 aliphatic heterocycles. The predicted molar refractivity (Wildman–Crippen MR) is 76.5 cm³/mol. The molecule has 2 aromatic heterocycles. The van der Waals surface area contributed by atoms with Crippen molar-refractivity contribution in [2.75, 3.05) is 6.54 Å². The highest BCUT2D eigenvalue weighted by molar-refractivity contribution is 7.09. The number of nitrogens with one attached hydrogen (secondary N) is 1. The van der Waals surface area contributed by atoms with E-state index in [1.807, 2.05) is 0 Å². The van der Waals surface area contributed by atoms with Gasteiger partial charge in [0.1, 0.15) is 5.82 Å². The van der Waals surface area contributed by atoms with Crippen LogP contribution in [0.4, 0.5) is 0 Å². The van der Waals surface area contributed by atoms with Gasteiger partial charge in [0.05, 0.1) is 12.1 Å². The number of hydrogen-bond donors (Lipinski definition) is 1. The molecule has 0 bridgehead atoms. The van der Waals surface area contributed by atoms with E-state index >= 15 is 0 Å². The molecule has 0 saturated heterocycles. The van der Waals surface area contributed by atoms with Crippen LogP contribution in [0.2, 0.25) is 0 Å². The molecule has 1 fully saturated rings. The van der Waals surface area contributed by atoms with Gasteiger partial charge >= 0.3 is 0 Å². The van der Waals surface area contributed by atoms with Gasteiger partial charge in [0, 0.05) is 25.4 Å². The van der Waals surface area contributed by atoms with Gasteiger partial charge in [-0.2, -0.15) is 9.64 Å². The van der Waals surface area contributed by atoms with Crippen molar-refractivity contribution in [2.24, 2.45) is 0 Å². The minimum atomic E-state index is 0.107. The number of nitrogens with zero attached hydrogens (tertiary/aromatic N) is 6. The number of rotatable bonds is 4. The van der Waals surface area contributed by atoms with E-state index in [1.165, 1.54) is 24.4 Å². The summed E-state index contributed by atoms with van der Waals surface area (Å²) in [6.07, 6.45) is 3.69. The van der Waals surface area contributed by atoms with Crippen LogP contribution in [0.1, 0.15) is 49.3 Å². The summed E-state index contributed by atoms with van der Waals surface area (Å²) < 4.78 is 6.56. The summed E-state index contributed by atoms with van der Waals surface area (Å²) in [4.78, 5) is 4.62. The molecule has 0 radical (unpaired) electrons. The largest absolute Gasteiger partial charge is 0.306 e. The van der Waals surface area contributed by atoms with Crippen molar-refractivity contribution in [3.63, 3.8) is 0 Å². The molecule has 0 aromatic carbocycles. The van der Waals surface area contributed by atoms with E-state index in [9.17, 15) is 0 Å². The highest BCUT2D eigenvalue weighted by atomic mass is 32.1. The van der Waals surface area contributed by atoms with Crippen LogP contribution in [0.15, 0.2) is 0 Å². The second-order valence-electron chi connectivity index (χ2n) is 5.47. The second kappa shape index (κ2) is 5.16. The summed E-state index contributed by atoms with van der Waals surface area (Å²) in [5, 5.41) is 21.6. The summed E-state index contributed by atoms with van der Waals surface area (Å²) in [5.74, 6) is 3.25. The Labute approximate surface area is 126 Å². The zero-order valence-corrected chi connectivity index (χ0v) is 12.3. The summed E-state index contributed by atoms with van der Waals surface area (Å²) in [6.45, 7) is 1.70. The molecule has 4 rings (SSSR count). The molecule has 2 aromatic rings. The topological polar surface area (TPSA) is 92.3 Å². The van der Waals surface area contributed by atoms with Crippen LogP contribution in [-0.2, 0) is 6.54 Å². The first-order chi connectivity index (χ1) is 10.4. The van der Waals surface area contributed by atoms with Crippen LogP contribution in [0.25, 0.3) is 10.8 Å². The Kier molecular flexibility index (Phi) is 3.16. The van der Waals surface area contributed by atoms with E-state index in [0.29, 0.717) is 12.3 Å². The summed E-state index contributed by atoms with van der Waals surface area (Å²) in [7, 11) is 0. The third-order valence-corrected chi connectivity index (χ3v) is 4.66. The van der Waals surface area contributed by atoms with Gasteiger partial charge in [0.2, 0.25) is 0 Å². The smallest absolute Gasteiger partial charge is 0.194 e. The van der Waals surface area contributed by atoms with Gasteiger partial charge in [0.25, 0.3) is 0 Å². The first-order valence-corrected chi connectivity index (χ1v) is 8.01. The lowest BCUT2D eigenvalue weighted by Gasteiger charge is -2.24. The number of nitriles is 1. The lowest BCUT2D eigenvalue weighted by molar-refractivity contribution is 0.400. The van der Waals surface area contributed by atoms with Crippen LogP contribution in [0.3, 0.4) is 0 Å². The Morgan fingerprint density at radius 3 is 3.10 bits per heavy atom. The van der Waals surface area contributed by atoms with Crippen molar-refractivity contribution >= 4 is 11.5 Å². The van der Waals surface area contributed by atoms with Crippen molar-refractivity contribution in [3.8, 4) is 16.9 Å². The van der Waals surface area contributed by atoms with Crippen LogP contribution in [0, 0.1) is 11.3 Å². The highest BCUT2D eigenvalue weighted by Gasteiger charge is 2.30. The van der Waals surface area contributed by atoms with Gasteiger partial charge < -0.3 is 9.88 Å². The Balaban J connectivity index is 1.64. The van der Waals surface area contributed by atoms with E-state index in [2.05, 4.69) is 35.5 Å². The van der Waals surface area contributed by atoms with Gasteiger partial charge in [-0.3, -0.25) is 0 Å². The lowest BCUT2D eigenvalue weighted by atomic mass is 10.1. The summed E-state index contributed by atoms with van der Waals surface area (Å²) in [5.41, 5.74) is 0. The van der Waals surface area contributed by atoms with Crippen molar-refractivity contribution in [1.29, 1.82) is 5.26 Å². The zero-order valence-electron chi connectivity index (χ0n) is 11.5. The molecule has 0 spiro atoms. The molecule has 1 unspecified atom stereocenters. The van der Waals surface area contributed by atoms with E-state index in [-0.39, 0.29) is 6.04 Å². The molecular weight excluding hydrogens is 286 g/mol. The Morgan fingerprint density at radius 2 is 2.29 bits per heavy atom. The zero-order chi connectivity index (χ0) is 14.2. The van der Waals surface area contributed by atoms with Crippen LogP contribution in [-0.4, -0.2) is 30.7 Å². The molecule has 1 saturated carbocycles. The maximum atomic E-state index is 8.75. The third kappa shape index (κ3) is 2.32. The van der Waals surface area contributed by atoms with Crippen LogP contribution in [0.5, 0.6) is 0 Å². The Bertz CT molecular complexity index is 694. The normalized spacial score (nSPS) is 21.0. The molecule has 7 nitrogen and oxygen atoms in total. The van der Waals surface area contributed by atoms with E-state index in [0.717, 1.165) is 42.0 Å². The second-order valence-corrected chi connectivity index (χ2v) is 6.22. The number of hydrogen-bond acceptors (Lipinski definition) is 7. The van der Waals surface area contributed by atoms with E-state index < -0.39 is 0 Å². The fourth-order valence-electron chi connectivity index (χ4n) is 2.67. The summed E-state index contributed by atoms with van der Waals surface area (Å²) >= 11 is 1.41. The van der Waals surface area contributed by atoms with Gasteiger partial charge in [0.15, 0.2) is 16.7 Å². The van der Waals surface area contributed by atoms with Gasteiger partial charge in [-0.25, -0.2) is 4.98 Å². The molecule has 108 valence electrons. The highest BCUT2D eigenvalue weighted by Crippen LogP contribution is 2.39. The van der Waals surface area contributed by atoms with Crippen molar-refractivity contribution in [3.05, 3.63) is 11.6 Å². The molecule has 21 heavy (non-hydrogen) atoms. The molecule has 1 atom stereocenters. The van der Waals surface area contributed by atoms with Gasteiger partial charge in [-0.15, -0.1) is 10.2 Å². The lowest BCUT2D eigenvalue weighted by Crippen LogP contribution is -2.33. The fourth-order valence-corrected chi connectivity index (χ4v) is 3.40. The third-order valence-electron chi connectivity index (χ3n) is 3.94. The fraction of sp³-hybridized carbons (Fsp3) is 0.615. The SMILES string of the molecule is N#CCCC1NCCn2c(-c3nc(C4CC4)ns3)nnc21. The van der Waals surface area contributed by atoms with E-state index in [4.69, 9.17) is 5.26 Å². The van der Waals surface area contributed by atoms with E-state index in [1.54, 1.807) is 0 Å². The maximum absolute atomic E-state index is 8.75. The predicted octanol–water partition coefficient (Wildman–Crippen LogP) is 1.62. The monoisotopic (exact) mass is 301 g/mol. The standard InChI is InChI=1S/C13H15N7S/c14-5-1-2-9-11-17-18-12(20(11)7-6-15-9)13-16-10(19-21-13)8-3-4-8/h8-9,15H,1-4,6-7H2. The molecule has 1 aliphatic carbocycles. The molecule has 0 amide bonds.